The van der Waals surface area contributed by atoms with E-state index in [0.717, 1.165) is 6.54 Å². The predicted octanol–water partition coefficient (Wildman–Crippen LogP) is 1.80. The van der Waals surface area contributed by atoms with Crippen LogP contribution >= 0.6 is 0 Å². The monoisotopic (exact) mass is 166 g/mol. The standard InChI is InChI=1S/C10H18N2/c1-4-5-8-12-9-6-7-10(2)11-3/h4-7,9-11H,8H2,1-3H3/b5-4-,7-6-,12-9?. The Morgan fingerprint density at radius 3 is 2.83 bits per heavy atom. The number of allylic oxidation sites excluding steroid dienone is 2. The lowest BCUT2D eigenvalue weighted by Gasteiger charge is -1.99. The number of rotatable bonds is 5. The molecule has 0 aromatic heterocycles. The summed E-state index contributed by atoms with van der Waals surface area (Å²) in [4.78, 5) is 4.14. The predicted molar refractivity (Wildman–Crippen MR) is 55.8 cm³/mol. The van der Waals surface area contributed by atoms with E-state index >= 15 is 0 Å². The molecular weight excluding hydrogens is 148 g/mol. The maximum absolute atomic E-state index is 4.14. The number of likely N-dealkylation sites (N-methyl/N-ethyl adjacent to an activating group) is 1. The molecule has 2 heteroatoms. The van der Waals surface area contributed by atoms with Crippen molar-refractivity contribution in [2.45, 2.75) is 19.9 Å². The highest BCUT2D eigenvalue weighted by Crippen LogP contribution is 1.81. The minimum atomic E-state index is 0.415. The van der Waals surface area contributed by atoms with Crippen molar-refractivity contribution in [2.24, 2.45) is 4.99 Å². The minimum Gasteiger partial charge on any atom is -0.314 e. The van der Waals surface area contributed by atoms with Crippen LogP contribution in [0.15, 0.2) is 29.3 Å². The van der Waals surface area contributed by atoms with E-state index in [1.54, 1.807) is 0 Å². The highest BCUT2D eigenvalue weighted by Gasteiger charge is 1.85. The van der Waals surface area contributed by atoms with E-state index in [1.807, 2.05) is 38.4 Å². The Hall–Kier alpha value is -0.890. The molecule has 0 aliphatic rings. The zero-order valence-corrected chi connectivity index (χ0v) is 8.12. The first-order valence-electron chi connectivity index (χ1n) is 4.26. The van der Waals surface area contributed by atoms with Crippen LogP contribution < -0.4 is 5.32 Å². The summed E-state index contributed by atoms with van der Waals surface area (Å²) in [6.07, 6.45) is 9.88. The van der Waals surface area contributed by atoms with Crippen LogP contribution in [0.5, 0.6) is 0 Å². The van der Waals surface area contributed by atoms with Crippen molar-refractivity contribution < 1.29 is 0 Å². The second-order valence-corrected chi connectivity index (χ2v) is 2.55. The van der Waals surface area contributed by atoms with Crippen LogP contribution in [0.3, 0.4) is 0 Å². The van der Waals surface area contributed by atoms with Gasteiger partial charge in [0, 0.05) is 12.3 Å². The fourth-order valence-electron chi connectivity index (χ4n) is 0.601. The maximum atomic E-state index is 4.14. The first-order chi connectivity index (χ1) is 5.81. The molecule has 0 aromatic carbocycles. The Balaban J connectivity index is 3.51. The normalized spacial score (nSPS) is 15.2. The van der Waals surface area contributed by atoms with Gasteiger partial charge in [0.05, 0.1) is 6.54 Å². The van der Waals surface area contributed by atoms with Crippen molar-refractivity contribution >= 4 is 6.21 Å². The Bertz CT molecular complexity index is 169. The number of nitrogens with one attached hydrogen (secondary N) is 1. The quantitative estimate of drug-likeness (QED) is 0.489. The highest BCUT2D eigenvalue weighted by atomic mass is 14.8. The smallest absolute Gasteiger partial charge is 0.0570 e. The van der Waals surface area contributed by atoms with Crippen LogP contribution in [0.2, 0.25) is 0 Å². The molecule has 0 radical (unpaired) electrons. The Kier molecular flexibility index (Phi) is 7.60. The summed E-state index contributed by atoms with van der Waals surface area (Å²) < 4.78 is 0. The van der Waals surface area contributed by atoms with E-state index in [9.17, 15) is 0 Å². The van der Waals surface area contributed by atoms with Gasteiger partial charge in [-0.1, -0.05) is 18.2 Å². The van der Waals surface area contributed by atoms with Crippen molar-refractivity contribution in [1.82, 2.24) is 5.32 Å². The van der Waals surface area contributed by atoms with Gasteiger partial charge in [-0.2, -0.15) is 0 Å². The van der Waals surface area contributed by atoms with E-state index in [-0.39, 0.29) is 0 Å². The molecule has 12 heavy (non-hydrogen) atoms. The first kappa shape index (κ1) is 11.1. The SMILES string of the molecule is C/C=C\CN=C/C=C\C(C)NC. The van der Waals surface area contributed by atoms with Gasteiger partial charge in [-0.05, 0) is 27.0 Å². The van der Waals surface area contributed by atoms with E-state index < -0.39 is 0 Å². The highest BCUT2D eigenvalue weighted by molar-refractivity contribution is 5.71. The van der Waals surface area contributed by atoms with Crippen molar-refractivity contribution in [3.63, 3.8) is 0 Å². The fourth-order valence-corrected chi connectivity index (χ4v) is 0.601. The number of aliphatic imine (C=N–C) groups is 1. The molecule has 0 spiro atoms. The van der Waals surface area contributed by atoms with Crippen LogP contribution in [0, 0.1) is 0 Å². The lowest BCUT2D eigenvalue weighted by molar-refractivity contribution is 0.729. The van der Waals surface area contributed by atoms with E-state index in [1.165, 1.54) is 0 Å². The van der Waals surface area contributed by atoms with Crippen molar-refractivity contribution in [3.8, 4) is 0 Å². The lowest BCUT2D eigenvalue weighted by atomic mass is 10.3. The molecule has 0 saturated carbocycles. The largest absolute Gasteiger partial charge is 0.314 e. The first-order valence-corrected chi connectivity index (χ1v) is 4.26. The number of nitrogens with zero attached hydrogens (tertiary/aromatic N) is 1. The summed E-state index contributed by atoms with van der Waals surface area (Å²) in [5, 5.41) is 3.10. The second kappa shape index (κ2) is 8.21. The molecule has 0 rings (SSSR count). The molecular formula is C10H18N2. The van der Waals surface area contributed by atoms with E-state index in [0.29, 0.717) is 6.04 Å². The van der Waals surface area contributed by atoms with Gasteiger partial charge >= 0.3 is 0 Å². The van der Waals surface area contributed by atoms with E-state index in [4.69, 9.17) is 0 Å². The van der Waals surface area contributed by atoms with Crippen LogP contribution in [-0.4, -0.2) is 25.8 Å². The zero-order chi connectivity index (χ0) is 9.23. The van der Waals surface area contributed by atoms with Crippen LogP contribution in [0.25, 0.3) is 0 Å². The minimum absolute atomic E-state index is 0.415. The molecule has 68 valence electrons. The van der Waals surface area contributed by atoms with Gasteiger partial charge in [0.25, 0.3) is 0 Å². The Labute approximate surface area is 75.1 Å². The molecule has 0 aromatic rings. The Morgan fingerprint density at radius 2 is 2.25 bits per heavy atom. The summed E-state index contributed by atoms with van der Waals surface area (Å²) in [6.45, 7) is 4.86. The average molecular weight is 166 g/mol. The van der Waals surface area contributed by atoms with Crippen molar-refractivity contribution in [3.05, 3.63) is 24.3 Å². The molecule has 0 heterocycles. The molecule has 0 aliphatic heterocycles. The molecule has 0 fully saturated rings. The summed E-state index contributed by atoms with van der Waals surface area (Å²) in [7, 11) is 1.94. The maximum Gasteiger partial charge on any atom is 0.0570 e. The molecule has 1 unspecified atom stereocenters. The molecule has 1 atom stereocenters. The summed E-state index contributed by atoms with van der Waals surface area (Å²) in [5.41, 5.74) is 0. The fraction of sp³-hybridized carbons (Fsp3) is 0.500. The average Bonchev–Trinajstić information content (AvgIpc) is 2.10. The summed E-state index contributed by atoms with van der Waals surface area (Å²) in [6, 6.07) is 0.415. The zero-order valence-electron chi connectivity index (χ0n) is 8.12. The van der Waals surface area contributed by atoms with Crippen LogP contribution in [-0.2, 0) is 0 Å². The third kappa shape index (κ3) is 7.22. The third-order valence-electron chi connectivity index (χ3n) is 1.49. The molecule has 0 amide bonds. The molecule has 1 N–H and O–H groups in total. The number of hydrogen-bond acceptors (Lipinski definition) is 2. The van der Waals surface area contributed by atoms with E-state index in [2.05, 4.69) is 23.3 Å². The van der Waals surface area contributed by atoms with Crippen LogP contribution in [0.4, 0.5) is 0 Å². The summed E-state index contributed by atoms with van der Waals surface area (Å²) in [5.74, 6) is 0. The topological polar surface area (TPSA) is 24.4 Å². The molecule has 0 aliphatic carbocycles. The van der Waals surface area contributed by atoms with Gasteiger partial charge in [-0.3, -0.25) is 4.99 Å². The lowest BCUT2D eigenvalue weighted by Crippen LogP contribution is -2.17. The van der Waals surface area contributed by atoms with Gasteiger partial charge in [0.1, 0.15) is 0 Å². The second-order valence-electron chi connectivity index (χ2n) is 2.55. The van der Waals surface area contributed by atoms with Crippen molar-refractivity contribution in [2.75, 3.05) is 13.6 Å². The van der Waals surface area contributed by atoms with Gasteiger partial charge in [-0.15, -0.1) is 0 Å². The van der Waals surface area contributed by atoms with Gasteiger partial charge in [0.2, 0.25) is 0 Å². The Morgan fingerprint density at radius 1 is 1.50 bits per heavy atom. The summed E-state index contributed by atoms with van der Waals surface area (Å²) >= 11 is 0. The molecule has 2 nitrogen and oxygen atoms in total. The van der Waals surface area contributed by atoms with Gasteiger partial charge in [-0.25, -0.2) is 0 Å². The van der Waals surface area contributed by atoms with Crippen LogP contribution in [0.1, 0.15) is 13.8 Å². The van der Waals surface area contributed by atoms with Crippen molar-refractivity contribution in [1.29, 1.82) is 0 Å². The molecule has 0 bridgehead atoms. The number of hydrogen-bond donors (Lipinski definition) is 1. The van der Waals surface area contributed by atoms with Gasteiger partial charge in [0.15, 0.2) is 0 Å². The molecule has 0 saturated heterocycles. The van der Waals surface area contributed by atoms with Gasteiger partial charge < -0.3 is 5.32 Å². The third-order valence-corrected chi connectivity index (χ3v) is 1.49.